The van der Waals surface area contributed by atoms with Gasteiger partial charge in [-0.2, -0.15) is 0 Å². The van der Waals surface area contributed by atoms with Crippen molar-refractivity contribution in [3.63, 3.8) is 0 Å². The summed E-state index contributed by atoms with van der Waals surface area (Å²) < 4.78 is 68.5. The molecule has 9 heteroatoms. The van der Waals surface area contributed by atoms with Gasteiger partial charge in [0.15, 0.2) is 17.1 Å². The zero-order valence-electron chi connectivity index (χ0n) is 16.3. The number of alkyl halides is 4. The molecule has 1 aliphatic carbocycles. The van der Waals surface area contributed by atoms with Crippen LogP contribution in [0, 0.1) is 0 Å². The number of hydrogen-bond acceptors (Lipinski definition) is 4. The third-order valence-electron chi connectivity index (χ3n) is 6.13. The molecule has 1 fully saturated rings. The molecule has 0 unspecified atom stereocenters. The second kappa shape index (κ2) is 6.77. The lowest BCUT2D eigenvalue weighted by molar-refractivity contribution is -0.286. The summed E-state index contributed by atoms with van der Waals surface area (Å²) in [5, 5.41) is 2.91. The van der Waals surface area contributed by atoms with E-state index in [1.807, 2.05) is 0 Å². The summed E-state index contributed by atoms with van der Waals surface area (Å²) in [4.78, 5) is 13.3. The van der Waals surface area contributed by atoms with Crippen molar-refractivity contribution in [2.45, 2.75) is 42.6 Å². The van der Waals surface area contributed by atoms with Gasteiger partial charge in [-0.3, -0.25) is 4.79 Å². The Morgan fingerprint density at radius 3 is 2.39 bits per heavy atom. The van der Waals surface area contributed by atoms with Crippen LogP contribution < -0.4 is 19.5 Å². The van der Waals surface area contributed by atoms with Crippen LogP contribution in [0.2, 0.25) is 0 Å². The van der Waals surface area contributed by atoms with Gasteiger partial charge in [-0.15, -0.1) is 8.78 Å². The summed E-state index contributed by atoms with van der Waals surface area (Å²) in [5.74, 6) is -0.248. The minimum Gasteiger partial charge on any atom is -0.481 e. The van der Waals surface area contributed by atoms with E-state index in [1.54, 1.807) is 30.3 Å². The number of fused-ring (bicyclic) bond motifs is 2. The molecule has 0 bridgehead atoms. The van der Waals surface area contributed by atoms with Gasteiger partial charge < -0.3 is 19.5 Å². The van der Waals surface area contributed by atoms with Gasteiger partial charge in [0.1, 0.15) is 19.1 Å². The molecule has 3 aliphatic rings. The molecule has 0 saturated heterocycles. The van der Waals surface area contributed by atoms with Crippen LogP contribution in [0.1, 0.15) is 36.4 Å². The van der Waals surface area contributed by atoms with Crippen molar-refractivity contribution in [3.05, 3.63) is 53.6 Å². The van der Waals surface area contributed by atoms with Crippen LogP contribution in [0.5, 0.6) is 17.2 Å². The lowest BCUT2D eigenvalue weighted by Gasteiger charge is -2.39. The van der Waals surface area contributed by atoms with Crippen molar-refractivity contribution in [3.8, 4) is 17.2 Å². The first kappa shape index (κ1) is 20.0. The fourth-order valence-electron chi connectivity index (χ4n) is 4.26. The Morgan fingerprint density at radius 1 is 0.968 bits per heavy atom. The SMILES string of the molecule is O=C(N[C@@H]1CC(CF)(CF)Oc2ccccc21)C1(c2ccc3c(c2)OC(F)(F)O3)CC1. The average Bonchev–Trinajstić information content (AvgIpc) is 3.50. The van der Waals surface area contributed by atoms with Crippen LogP contribution in [0.3, 0.4) is 0 Å². The predicted octanol–water partition coefficient (Wildman–Crippen LogP) is 4.36. The number of para-hydroxylation sites is 1. The number of amides is 1. The van der Waals surface area contributed by atoms with Crippen molar-refractivity contribution in [1.82, 2.24) is 5.32 Å². The van der Waals surface area contributed by atoms with Crippen molar-refractivity contribution in [2.24, 2.45) is 0 Å². The van der Waals surface area contributed by atoms with E-state index in [2.05, 4.69) is 14.8 Å². The largest absolute Gasteiger partial charge is 0.586 e. The Morgan fingerprint density at radius 2 is 1.68 bits per heavy atom. The Kier molecular flexibility index (Phi) is 4.36. The molecule has 2 heterocycles. The van der Waals surface area contributed by atoms with E-state index in [-0.39, 0.29) is 23.8 Å². The van der Waals surface area contributed by atoms with E-state index in [9.17, 15) is 22.4 Å². The monoisotopic (exact) mass is 437 g/mol. The quantitative estimate of drug-likeness (QED) is 0.707. The maximum atomic E-state index is 13.7. The molecule has 1 atom stereocenters. The predicted molar refractivity (Wildman–Crippen MR) is 101 cm³/mol. The molecule has 5 nitrogen and oxygen atoms in total. The molecule has 0 spiro atoms. The summed E-state index contributed by atoms with van der Waals surface area (Å²) in [7, 11) is 0. The standard InChI is InChI=1S/C22H19F4NO4/c23-11-20(12-24)10-15(14-3-1-2-4-16(14)29-20)27-19(28)21(7-8-21)13-5-6-17-18(9-13)31-22(25,26)30-17/h1-6,9,15H,7-8,10-12H2,(H,27,28)/t15-/m1/s1. The zero-order chi connectivity index (χ0) is 21.9. The Hall–Kier alpha value is -2.97. The highest BCUT2D eigenvalue weighted by atomic mass is 19.3. The lowest BCUT2D eigenvalue weighted by Crippen LogP contribution is -2.49. The highest BCUT2D eigenvalue weighted by Crippen LogP contribution is 2.52. The number of carbonyl (C=O) groups is 1. The number of carbonyl (C=O) groups excluding carboxylic acids is 1. The molecule has 1 saturated carbocycles. The van der Waals surface area contributed by atoms with Crippen LogP contribution in [0.4, 0.5) is 17.6 Å². The van der Waals surface area contributed by atoms with E-state index >= 15 is 0 Å². The lowest BCUT2D eigenvalue weighted by atomic mass is 9.87. The van der Waals surface area contributed by atoms with E-state index in [0.29, 0.717) is 29.7 Å². The number of hydrogen-bond donors (Lipinski definition) is 1. The highest BCUT2D eigenvalue weighted by Gasteiger charge is 2.54. The van der Waals surface area contributed by atoms with Crippen LogP contribution in [0.15, 0.2) is 42.5 Å². The third-order valence-corrected chi connectivity index (χ3v) is 6.13. The van der Waals surface area contributed by atoms with E-state index < -0.39 is 36.7 Å². The molecule has 1 amide bonds. The van der Waals surface area contributed by atoms with Crippen LogP contribution in [0.25, 0.3) is 0 Å². The normalized spacial score (nSPS) is 23.4. The number of ether oxygens (including phenoxy) is 3. The van der Waals surface area contributed by atoms with Crippen molar-refractivity contribution in [1.29, 1.82) is 0 Å². The molecular formula is C22H19F4NO4. The third kappa shape index (κ3) is 3.26. The second-order valence-electron chi connectivity index (χ2n) is 8.23. The molecule has 1 N–H and O–H groups in total. The first-order valence-corrected chi connectivity index (χ1v) is 9.91. The topological polar surface area (TPSA) is 56.8 Å². The molecule has 31 heavy (non-hydrogen) atoms. The Bertz CT molecular complexity index is 1040. The van der Waals surface area contributed by atoms with Gasteiger partial charge in [-0.1, -0.05) is 24.3 Å². The Balaban J connectivity index is 1.41. The zero-order valence-corrected chi connectivity index (χ0v) is 16.3. The molecule has 5 rings (SSSR count). The highest BCUT2D eigenvalue weighted by molar-refractivity contribution is 5.92. The number of benzene rings is 2. The van der Waals surface area contributed by atoms with E-state index in [0.717, 1.165) is 0 Å². The number of rotatable bonds is 5. The number of nitrogens with one attached hydrogen (secondary N) is 1. The van der Waals surface area contributed by atoms with Crippen LogP contribution in [-0.4, -0.2) is 31.2 Å². The summed E-state index contributed by atoms with van der Waals surface area (Å²) in [6.45, 7) is -2.07. The first-order valence-electron chi connectivity index (χ1n) is 9.91. The maximum Gasteiger partial charge on any atom is 0.586 e. The van der Waals surface area contributed by atoms with Gasteiger partial charge in [0, 0.05) is 12.0 Å². The molecule has 0 aromatic heterocycles. The minimum atomic E-state index is -3.74. The summed E-state index contributed by atoms with van der Waals surface area (Å²) in [5.41, 5.74) is -1.42. The number of halogens is 4. The molecular weight excluding hydrogens is 418 g/mol. The van der Waals surface area contributed by atoms with Gasteiger partial charge >= 0.3 is 6.29 Å². The fraction of sp³-hybridized carbons (Fsp3) is 0.409. The summed E-state index contributed by atoms with van der Waals surface area (Å²) >= 11 is 0. The van der Waals surface area contributed by atoms with Gasteiger partial charge in [0.2, 0.25) is 5.91 Å². The van der Waals surface area contributed by atoms with Crippen molar-refractivity contribution >= 4 is 5.91 Å². The van der Waals surface area contributed by atoms with Crippen LogP contribution >= 0.6 is 0 Å². The van der Waals surface area contributed by atoms with Crippen molar-refractivity contribution in [2.75, 3.05) is 13.3 Å². The molecule has 2 aromatic carbocycles. The smallest absolute Gasteiger partial charge is 0.481 e. The van der Waals surface area contributed by atoms with Crippen molar-refractivity contribution < 1.29 is 36.6 Å². The van der Waals surface area contributed by atoms with Gasteiger partial charge in [0.25, 0.3) is 0 Å². The molecule has 2 aromatic rings. The molecule has 2 aliphatic heterocycles. The summed E-state index contributed by atoms with van der Waals surface area (Å²) in [6.07, 6.45) is -2.78. The van der Waals surface area contributed by atoms with E-state index in [4.69, 9.17) is 4.74 Å². The maximum absolute atomic E-state index is 13.7. The molecule has 0 radical (unpaired) electrons. The van der Waals surface area contributed by atoms with Gasteiger partial charge in [-0.25, -0.2) is 8.78 Å². The van der Waals surface area contributed by atoms with Gasteiger partial charge in [0.05, 0.1) is 11.5 Å². The first-order chi connectivity index (χ1) is 14.8. The van der Waals surface area contributed by atoms with Gasteiger partial charge in [-0.05, 0) is 36.6 Å². The molecule has 164 valence electrons. The minimum absolute atomic E-state index is 0.0633. The van der Waals surface area contributed by atoms with E-state index in [1.165, 1.54) is 12.1 Å². The van der Waals surface area contributed by atoms with Crippen LogP contribution in [-0.2, 0) is 10.2 Å². The average molecular weight is 437 g/mol. The summed E-state index contributed by atoms with van der Waals surface area (Å²) in [6, 6.07) is 10.4. The second-order valence-corrected chi connectivity index (χ2v) is 8.23. The Labute approximate surface area is 175 Å². The fourth-order valence-corrected chi connectivity index (χ4v) is 4.26.